The summed E-state index contributed by atoms with van der Waals surface area (Å²) in [6, 6.07) is 1.76. The Morgan fingerprint density at radius 2 is 1.83 bits per heavy atom. The maximum atomic E-state index is 13.0. The van der Waals surface area contributed by atoms with Gasteiger partial charge in [0.1, 0.15) is 11.2 Å². The maximum absolute atomic E-state index is 13.0. The van der Waals surface area contributed by atoms with Gasteiger partial charge in [0.25, 0.3) is 11.8 Å². The monoisotopic (exact) mass is 401 g/mol. The average molecular weight is 402 g/mol. The molecule has 1 atom stereocenters. The van der Waals surface area contributed by atoms with Gasteiger partial charge in [0.2, 0.25) is 5.91 Å². The lowest BCUT2D eigenvalue weighted by Crippen LogP contribution is -2.63. The molecule has 2 aliphatic heterocycles. The molecule has 3 aliphatic rings. The molecule has 8 nitrogen and oxygen atoms in total. The number of hydrogen-bond acceptors (Lipinski definition) is 4. The number of fused-ring (bicyclic) bond motifs is 1. The van der Waals surface area contributed by atoms with Gasteiger partial charge in [-0.2, -0.15) is 5.10 Å². The Balaban J connectivity index is 1.54. The van der Waals surface area contributed by atoms with Crippen molar-refractivity contribution in [1.82, 2.24) is 24.9 Å². The number of hydrogen-bond donors (Lipinski definition) is 1. The van der Waals surface area contributed by atoms with Crippen molar-refractivity contribution in [2.45, 2.75) is 70.5 Å². The van der Waals surface area contributed by atoms with Gasteiger partial charge in [-0.25, -0.2) is 0 Å². The van der Waals surface area contributed by atoms with Crippen LogP contribution in [0.15, 0.2) is 6.07 Å². The van der Waals surface area contributed by atoms with Crippen LogP contribution in [-0.4, -0.2) is 69.0 Å². The number of carbonyl (C=O) groups excluding carboxylic acids is 3. The molecule has 0 aromatic carbocycles. The number of likely N-dealkylation sites (N-methyl/N-ethyl adjacent to an activating group) is 1. The molecule has 3 amide bonds. The van der Waals surface area contributed by atoms with E-state index in [1.54, 1.807) is 20.0 Å². The van der Waals surface area contributed by atoms with Crippen LogP contribution in [0, 0.1) is 5.92 Å². The summed E-state index contributed by atoms with van der Waals surface area (Å²) in [6.07, 6.45) is 6.20. The molecule has 0 radical (unpaired) electrons. The summed E-state index contributed by atoms with van der Waals surface area (Å²) in [7, 11) is 1.65. The van der Waals surface area contributed by atoms with Crippen LogP contribution in [0.3, 0.4) is 0 Å². The zero-order chi connectivity index (χ0) is 20.8. The molecule has 1 saturated carbocycles. The lowest BCUT2D eigenvalue weighted by molar-refractivity contribution is -0.133. The summed E-state index contributed by atoms with van der Waals surface area (Å²) >= 11 is 0. The van der Waals surface area contributed by atoms with Gasteiger partial charge >= 0.3 is 0 Å². The number of nitrogens with one attached hydrogen (secondary N) is 1. The number of aromatic nitrogens is 2. The van der Waals surface area contributed by atoms with E-state index in [4.69, 9.17) is 0 Å². The first-order chi connectivity index (χ1) is 13.8. The van der Waals surface area contributed by atoms with Gasteiger partial charge < -0.3 is 15.1 Å². The van der Waals surface area contributed by atoms with Crippen LogP contribution in [0.4, 0.5) is 0 Å². The number of amides is 3. The Bertz CT molecular complexity index is 820. The zero-order valence-corrected chi connectivity index (χ0v) is 17.6. The Kier molecular flexibility index (Phi) is 5.12. The van der Waals surface area contributed by atoms with E-state index in [1.807, 2.05) is 4.90 Å². The SMILES string of the molecule is CC1CCN(C(=O)c2cc3n(n2)C[C@](C)(C(=O)NC2CCCC2)N(C)C3=O)CC1. The van der Waals surface area contributed by atoms with Crippen molar-refractivity contribution >= 4 is 17.7 Å². The third-order valence-corrected chi connectivity index (χ3v) is 6.97. The standard InChI is InChI=1S/C21H31N5O3/c1-14-8-10-25(11-9-14)18(27)16-12-17-19(28)24(3)21(2,13-26(17)23-16)20(29)22-15-6-4-5-7-15/h12,14-15H,4-11,13H2,1-3H3,(H,22,29)/t21-/m1/s1. The zero-order valence-electron chi connectivity index (χ0n) is 17.6. The smallest absolute Gasteiger partial charge is 0.274 e. The topological polar surface area (TPSA) is 87.5 Å². The van der Waals surface area contributed by atoms with Gasteiger partial charge in [0.05, 0.1) is 6.54 Å². The van der Waals surface area contributed by atoms with Crippen LogP contribution < -0.4 is 5.32 Å². The molecule has 0 spiro atoms. The highest BCUT2D eigenvalue weighted by atomic mass is 16.2. The third-order valence-electron chi connectivity index (χ3n) is 6.97. The molecule has 0 unspecified atom stereocenters. The summed E-state index contributed by atoms with van der Waals surface area (Å²) in [4.78, 5) is 42.2. The Hall–Kier alpha value is -2.38. The van der Waals surface area contributed by atoms with Crippen LogP contribution in [0.5, 0.6) is 0 Å². The highest BCUT2D eigenvalue weighted by Crippen LogP contribution is 2.28. The van der Waals surface area contributed by atoms with Gasteiger partial charge in [0.15, 0.2) is 5.69 Å². The second-order valence-electron chi connectivity index (χ2n) is 9.14. The van der Waals surface area contributed by atoms with Crippen LogP contribution in [0.2, 0.25) is 0 Å². The highest BCUT2D eigenvalue weighted by Gasteiger charge is 2.47. The van der Waals surface area contributed by atoms with E-state index in [-0.39, 0.29) is 36.0 Å². The van der Waals surface area contributed by atoms with Gasteiger partial charge in [-0.05, 0) is 38.5 Å². The molecule has 29 heavy (non-hydrogen) atoms. The first kappa shape index (κ1) is 19.9. The fourth-order valence-corrected chi connectivity index (χ4v) is 4.62. The van der Waals surface area contributed by atoms with Crippen molar-refractivity contribution in [1.29, 1.82) is 0 Å². The Labute approximate surface area is 171 Å². The number of piperidine rings is 1. The second kappa shape index (κ2) is 7.46. The van der Waals surface area contributed by atoms with E-state index in [1.165, 1.54) is 9.58 Å². The average Bonchev–Trinajstić information content (AvgIpc) is 3.36. The quantitative estimate of drug-likeness (QED) is 0.834. The van der Waals surface area contributed by atoms with Crippen molar-refractivity contribution in [3.8, 4) is 0 Å². The molecule has 1 aromatic rings. The molecule has 2 fully saturated rings. The van der Waals surface area contributed by atoms with Gasteiger partial charge in [-0.3, -0.25) is 19.1 Å². The van der Waals surface area contributed by atoms with Crippen molar-refractivity contribution < 1.29 is 14.4 Å². The van der Waals surface area contributed by atoms with E-state index in [0.29, 0.717) is 11.6 Å². The summed E-state index contributed by atoms with van der Waals surface area (Å²) in [5, 5.41) is 7.54. The lowest BCUT2D eigenvalue weighted by atomic mass is 9.95. The summed E-state index contributed by atoms with van der Waals surface area (Å²) in [5.41, 5.74) is -0.372. The number of carbonyl (C=O) groups is 3. The summed E-state index contributed by atoms with van der Waals surface area (Å²) in [5.74, 6) is 0.0633. The van der Waals surface area contributed by atoms with E-state index < -0.39 is 5.54 Å². The fraction of sp³-hybridized carbons (Fsp3) is 0.714. The second-order valence-corrected chi connectivity index (χ2v) is 9.14. The van der Waals surface area contributed by atoms with Crippen LogP contribution >= 0.6 is 0 Å². The van der Waals surface area contributed by atoms with Crippen molar-refractivity contribution in [2.24, 2.45) is 5.92 Å². The molecule has 0 bridgehead atoms. The lowest BCUT2D eigenvalue weighted by Gasteiger charge is -2.41. The normalized spacial score (nSPS) is 26.0. The van der Waals surface area contributed by atoms with Crippen molar-refractivity contribution in [3.05, 3.63) is 17.5 Å². The van der Waals surface area contributed by atoms with E-state index in [0.717, 1.165) is 51.6 Å². The van der Waals surface area contributed by atoms with Crippen LogP contribution in [0.1, 0.15) is 73.3 Å². The largest absolute Gasteiger partial charge is 0.351 e. The maximum Gasteiger partial charge on any atom is 0.274 e. The molecular weight excluding hydrogens is 370 g/mol. The van der Waals surface area contributed by atoms with Crippen molar-refractivity contribution in [2.75, 3.05) is 20.1 Å². The molecule has 1 aliphatic carbocycles. The molecule has 3 heterocycles. The van der Waals surface area contributed by atoms with Crippen LogP contribution in [0.25, 0.3) is 0 Å². The van der Waals surface area contributed by atoms with Gasteiger partial charge in [-0.15, -0.1) is 0 Å². The molecular formula is C21H31N5O3. The highest BCUT2D eigenvalue weighted by molar-refractivity contribution is 6.01. The number of nitrogens with zero attached hydrogens (tertiary/aromatic N) is 4. The minimum Gasteiger partial charge on any atom is -0.351 e. The summed E-state index contributed by atoms with van der Waals surface area (Å²) < 4.78 is 1.54. The molecule has 4 rings (SSSR count). The fourth-order valence-electron chi connectivity index (χ4n) is 4.62. The Morgan fingerprint density at radius 3 is 2.48 bits per heavy atom. The Morgan fingerprint density at radius 1 is 1.17 bits per heavy atom. The van der Waals surface area contributed by atoms with E-state index in [9.17, 15) is 14.4 Å². The van der Waals surface area contributed by atoms with Gasteiger partial charge in [0, 0.05) is 32.2 Å². The predicted molar refractivity (Wildman–Crippen MR) is 107 cm³/mol. The van der Waals surface area contributed by atoms with Crippen LogP contribution in [-0.2, 0) is 11.3 Å². The molecule has 1 N–H and O–H groups in total. The van der Waals surface area contributed by atoms with Crippen molar-refractivity contribution in [3.63, 3.8) is 0 Å². The third kappa shape index (κ3) is 3.53. The summed E-state index contributed by atoms with van der Waals surface area (Å²) in [6.45, 7) is 5.65. The minimum absolute atomic E-state index is 0.133. The van der Waals surface area contributed by atoms with E-state index >= 15 is 0 Å². The minimum atomic E-state index is -1.03. The first-order valence-corrected chi connectivity index (χ1v) is 10.8. The first-order valence-electron chi connectivity index (χ1n) is 10.8. The number of rotatable bonds is 3. The van der Waals surface area contributed by atoms with E-state index in [2.05, 4.69) is 17.3 Å². The molecule has 1 saturated heterocycles. The predicted octanol–water partition coefficient (Wildman–Crippen LogP) is 1.66. The number of likely N-dealkylation sites (tertiary alicyclic amines) is 1. The molecule has 1 aromatic heterocycles. The molecule has 158 valence electrons. The van der Waals surface area contributed by atoms with Gasteiger partial charge in [-0.1, -0.05) is 19.8 Å². The molecule has 8 heteroatoms.